The van der Waals surface area contributed by atoms with E-state index in [2.05, 4.69) is 12.1 Å². The van der Waals surface area contributed by atoms with Crippen molar-refractivity contribution in [3.05, 3.63) is 29.8 Å². The van der Waals surface area contributed by atoms with Crippen molar-refractivity contribution in [1.29, 1.82) is 0 Å². The third-order valence-electron chi connectivity index (χ3n) is 4.65. The van der Waals surface area contributed by atoms with Gasteiger partial charge in [-0.15, -0.1) is 0 Å². The van der Waals surface area contributed by atoms with Crippen LogP contribution < -0.4 is 4.74 Å². The molecule has 98 valence electrons. The van der Waals surface area contributed by atoms with Crippen molar-refractivity contribution < 1.29 is 9.47 Å². The molecule has 2 aliphatic rings. The van der Waals surface area contributed by atoms with Crippen molar-refractivity contribution >= 4 is 0 Å². The van der Waals surface area contributed by atoms with Crippen LogP contribution in [0.1, 0.15) is 37.7 Å². The Kier molecular flexibility index (Phi) is 3.29. The highest BCUT2D eigenvalue weighted by atomic mass is 16.5. The monoisotopic (exact) mass is 246 g/mol. The van der Waals surface area contributed by atoms with Crippen molar-refractivity contribution in [2.45, 2.75) is 38.7 Å². The summed E-state index contributed by atoms with van der Waals surface area (Å²) >= 11 is 0. The Morgan fingerprint density at radius 1 is 1.22 bits per heavy atom. The van der Waals surface area contributed by atoms with Gasteiger partial charge in [0.2, 0.25) is 0 Å². The fourth-order valence-corrected chi connectivity index (χ4v) is 3.36. The van der Waals surface area contributed by atoms with E-state index < -0.39 is 0 Å². The minimum absolute atomic E-state index is 0.574. The Labute approximate surface area is 109 Å². The van der Waals surface area contributed by atoms with E-state index in [1.165, 1.54) is 37.7 Å². The highest BCUT2D eigenvalue weighted by Gasteiger charge is 2.54. The number of benzene rings is 1. The predicted octanol–water partition coefficient (Wildman–Crippen LogP) is 3.79. The van der Waals surface area contributed by atoms with Gasteiger partial charge >= 0.3 is 0 Å². The third kappa shape index (κ3) is 2.39. The van der Waals surface area contributed by atoms with Crippen molar-refractivity contribution in [3.63, 3.8) is 0 Å². The molecule has 0 heterocycles. The van der Waals surface area contributed by atoms with E-state index in [1.54, 1.807) is 7.11 Å². The van der Waals surface area contributed by atoms with E-state index in [-0.39, 0.29) is 0 Å². The Bertz CT molecular complexity index is 398. The van der Waals surface area contributed by atoms with Crippen molar-refractivity contribution in [3.8, 4) is 5.75 Å². The zero-order valence-electron chi connectivity index (χ0n) is 11.2. The summed E-state index contributed by atoms with van der Waals surface area (Å²) in [4.78, 5) is 0. The molecule has 0 aromatic heterocycles. The van der Waals surface area contributed by atoms with Gasteiger partial charge in [0, 0.05) is 0 Å². The molecule has 0 radical (unpaired) electrons. The molecule has 2 saturated carbocycles. The lowest BCUT2D eigenvalue weighted by atomic mass is 9.89. The molecular weight excluding hydrogens is 224 g/mol. The number of rotatable bonds is 5. The lowest BCUT2D eigenvalue weighted by molar-refractivity contribution is 0.0615. The van der Waals surface area contributed by atoms with Crippen molar-refractivity contribution in [2.24, 2.45) is 11.3 Å². The quantitative estimate of drug-likeness (QED) is 0.787. The Hall–Kier alpha value is -1.02. The fourth-order valence-electron chi connectivity index (χ4n) is 3.36. The van der Waals surface area contributed by atoms with Crippen LogP contribution in [0.3, 0.4) is 0 Å². The minimum Gasteiger partial charge on any atom is -0.497 e. The number of hydrogen-bond donors (Lipinski definition) is 0. The highest BCUT2D eigenvalue weighted by Crippen LogP contribution is 2.61. The Balaban J connectivity index is 1.47. The SMILES string of the molecule is COc1ccc(COCC23CCCCC2C3)cc1. The number of methoxy groups -OCH3 is 1. The standard InChI is InChI=1S/C16H22O2/c1-17-15-7-5-13(6-8-15)11-18-12-16-9-3-2-4-14(16)10-16/h5-8,14H,2-4,9-12H2,1H3. The van der Waals surface area contributed by atoms with Gasteiger partial charge in [-0.25, -0.2) is 0 Å². The van der Waals surface area contributed by atoms with Crippen LogP contribution in [-0.4, -0.2) is 13.7 Å². The number of hydrogen-bond acceptors (Lipinski definition) is 2. The van der Waals surface area contributed by atoms with Gasteiger partial charge in [-0.05, 0) is 48.3 Å². The van der Waals surface area contributed by atoms with Crippen LogP contribution in [0.2, 0.25) is 0 Å². The predicted molar refractivity (Wildman–Crippen MR) is 71.7 cm³/mol. The molecule has 18 heavy (non-hydrogen) atoms. The van der Waals surface area contributed by atoms with E-state index in [9.17, 15) is 0 Å². The smallest absolute Gasteiger partial charge is 0.118 e. The first-order valence-corrected chi connectivity index (χ1v) is 7.03. The summed E-state index contributed by atoms with van der Waals surface area (Å²) in [5, 5.41) is 0. The van der Waals surface area contributed by atoms with Crippen LogP contribution in [0.15, 0.2) is 24.3 Å². The zero-order valence-corrected chi connectivity index (χ0v) is 11.2. The topological polar surface area (TPSA) is 18.5 Å². The molecule has 0 bridgehead atoms. The van der Waals surface area contributed by atoms with E-state index in [0.29, 0.717) is 5.41 Å². The molecule has 2 nitrogen and oxygen atoms in total. The van der Waals surface area contributed by atoms with Gasteiger partial charge in [0.15, 0.2) is 0 Å². The third-order valence-corrected chi connectivity index (χ3v) is 4.65. The molecule has 1 aromatic carbocycles. The Morgan fingerprint density at radius 2 is 2.06 bits per heavy atom. The maximum Gasteiger partial charge on any atom is 0.118 e. The molecule has 0 amide bonds. The molecule has 1 aromatic rings. The summed E-state index contributed by atoms with van der Waals surface area (Å²) in [5.74, 6) is 1.88. The van der Waals surface area contributed by atoms with Gasteiger partial charge in [0.05, 0.1) is 20.3 Å². The van der Waals surface area contributed by atoms with Gasteiger partial charge in [0.25, 0.3) is 0 Å². The number of fused-ring (bicyclic) bond motifs is 1. The molecule has 2 fully saturated rings. The fraction of sp³-hybridized carbons (Fsp3) is 0.625. The molecule has 3 rings (SSSR count). The van der Waals surface area contributed by atoms with Gasteiger partial charge in [-0.2, -0.15) is 0 Å². The summed E-state index contributed by atoms with van der Waals surface area (Å²) in [5.41, 5.74) is 1.81. The lowest BCUT2D eigenvalue weighted by Gasteiger charge is -2.21. The van der Waals surface area contributed by atoms with E-state index in [1.807, 2.05) is 12.1 Å². The summed E-state index contributed by atoms with van der Waals surface area (Å²) < 4.78 is 11.1. The molecule has 0 N–H and O–H groups in total. The average molecular weight is 246 g/mol. The molecule has 2 aliphatic carbocycles. The van der Waals surface area contributed by atoms with Crippen LogP contribution >= 0.6 is 0 Å². The summed E-state index contributed by atoms with van der Waals surface area (Å²) in [7, 11) is 1.70. The van der Waals surface area contributed by atoms with Crippen LogP contribution in [-0.2, 0) is 11.3 Å². The van der Waals surface area contributed by atoms with Gasteiger partial charge in [0.1, 0.15) is 5.75 Å². The molecular formula is C16H22O2. The van der Waals surface area contributed by atoms with E-state index in [4.69, 9.17) is 9.47 Å². The van der Waals surface area contributed by atoms with Crippen LogP contribution in [0, 0.1) is 11.3 Å². The largest absolute Gasteiger partial charge is 0.497 e. The highest BCUT2D eigenvalue weighted by molar-refractivity contribution is 5.26. The Morgan fingerprint density at radius 3 is 2.78 bits per heavy atom. The van der Waals surface area contributed by atoms with Crippen molar-refractivity contribution in [2.75, 3.05) is 13.7 Å². The molecule has 0 saturated heterocycles. The number of ether oxygens (including phenoxy) is 2. The van der Waals surface area contributed by atoms with E-state index >= 15 is 0 Å². The van der Waals surface area contributed by atoms with E-state index in [0.717, 1.165) is 24.9 Å². The van der Waals surface area contributed by atoms with Gasteiger partial charge in [-0.1, -0.05) is 25.0 Å². The summed E-state index contributed by atoms with van der Waals surface area (Å²) in [6.45, 7) is 1.70. The van der Waals surface area contributed by atoms with Crippen LogP contribution in [0.5, 0.6) is 5.75 Å². The maximum absolute atomic E-state index is 5.94. The molecule has 0 aliphatic heterocycles. The normalized spacial score (nSPS) is 29.7. The second-order valence-corrected chi connectivity index (χ2v) is 5.85. The first-order chi connectivity index (χ1) is 8.82. The summed E-state index contributed by atoms with van der Waals surface area (Å²) in [6.07, 6.45) is 7.08. The van der Waals surface area contributed by atoms with Crippen molar-refractivity contribution in [1.82, 2.24) is 0 Å². The average Bonchev–Trinajstić information content (AvgIpc) is 3.14. The first-order valence-electron chi connectivity index (χ1n) is 7.03. The zero-order chi connectivity index (χ0) is 12.4. The molecule has 2 heteroatoms. The summed E-state index contributed by atoms with van der Waals surface area (Å²) in [6, 6.07) is 8.17. The first kappa shape index (κ1) is 12.0. The molecule has 2 unspecified atom stereocenters. The second-order valence-electron chi connectivity index (χ2n) is 5.85. The molecule has 0 spiro atoms. The minimum atomic E-state index is 0.574. The van der Waals surface area contributed by atoms with Crippen LogP contribution in [0.4, 0.5) is 0 Å². The van der Waals surface area contributed by atoms with Gasteiger partial charge in [-0.3, -0.25) is 0 Å². The maximum atomic E-state index is 5.94. The van der Waals surface area contributed by atoms with Gasteiger partial charge < -0.3 is 9.47 Å². The van der Waals surface area contributed by atoms with Crippen LogP contribution in [0.25, 0.3) is 0 Å². The second kappa shape index (κ2) is 4.93. The molecule has 2 atom stereocenters. The lowest BCUT2D eigenvalue weighted by Crippen LogP contribution is -2.16.